The third-order valence-corrected chi connectivity index (χ3v) is 5.58. The van der Waals surface area contributed by atoms with Crippen molar-refractivity contribution < 1.29 is 14.3 Å². The van der Waals surface area contributed by atoms with Crippen LogP contribution in [0.3, 0.4) is 0 Å². The Morgan fingerprint density at radius 3 is 2.81 bits per heavy atom. The second kappa shape index (κ2) is 8.71. The lowest BCUT2D eigenvalue weighted by atomic mass is 9.87. The lowest BCUT2D eigenvalue weighted by Gasteiger charge is -2.37. The number of rotatable bonds is 7. The van der Waals surface area contributed by atoms with E-state index in [0.29, 0.717) is 26.3 Å². The minimum Gasteiger partial charge on any atom is -0.382 e. The third kappa shape index (κ3) is 4.29. The molecule has 1 aliphatic heterocycles. The average Bonchev–Trinajstić information content (AvgIpc) is 3.08. The van der Waals surface area contributed by atoms with E-state index in [4.69, 9.17) is 4.74 Å². The number of hydrogen-bond donors (Lipinski definition) is 1. The molecule has 2 amide bonds. The molecule has 0 bridgehead atoms. The molecule has 0 saturated heterocycles. The van der Waals surface area contributed by atoms with Crippen LogP contribution < -0.4 is 5.32 Å². The Hall–Kier alpha value is -1.82. The SMILES string of the molecule is CCOCCCN1C(=O)Cn2cccc2C1C(=O)NC1CCC(C)CC1. The summed E-state index contributed by atoms with van der Waals surface area (Å²) in [7, 11) is 0. The Labute approximate surface area is 155 Å². The van der Waals surface area contributed by atoms with Gasteiger partial charge in [-0.15, -0.1) is 0 Å². The van der Waals surface area contributed by atoms with Crippen LogP contribution in [0.2, 0.25) is 0 Å². The fraction of sp³-hybridized carbons (Fsp3) is 0.700. The Balaban J connectivity index is 1.71. The van der Waals surface area contributed by atoms with Gasteiger partial charge in [-0.3, -0.25) is 9.59 Å². The standard InChI is InChI=1S/C20H31N3O3/c1-3-26-13-5-12-23-18(24)14-22-11-4-6-17(22)19(23)20(25)21-16-9-7-15(2)8-10-16/h4,6,11,15-16,19H,3,5,7-10,12-14H2,1-2H3,(H,21,25). The summed E-state index contributed by atoms with van der Waals surface area (Å²) in [5.74, 6) is 0.697. The lowest BCUT2D eigenvalue weighted by molar-refractivity contribution is -0.144. The van der Waals surface area contributed by atoms with Crippen LogP contribution in [0.1, 0.15) is 57.7 Å². The highest BCUT2D eigenvalue weighted by molar-refractivity contribution is 5.90. The predicted molar refractivity (Wildman–Crippen MR) is 99.6 cm³/mol. The van der Waals surface area contributed by atoms with Crippen LogP contribution in [-0.4, -0.2) is 47.1 Å². The molecule has 0 radical (unpaired) electrons. The third-order valence-electron chi connectivity index (χ3n) is 5.58. The lowest BCUT2D eigenvalue weighted by Crippen LogP contribution is -2.51. The first-order valence-corrected chi connectivity index (χ1v) is 9.92. The van der Waals surface area contributed by atoms with E-state index in [0.717, 1.165) is 43.7 Å². The fourth-order valence-corrected chi connectivity index (χ4v) is 4.06. The Bertz CT molecular complexity index is 620. The number of amides is 2. The molecule has 1 fully saturated rings. The van der Waals surface area contributed by atoms with Crippen LogP contribution in [0.5, 0.6) is 0 Å². The topological polar surface area (TPSA) is 63.6 Å². The molecule has 1 unspecified atom stereocenters. The summed E-state index contributed by atoms with van der Waals surface area (Å²) >= 11 is 0. The number of hydrogen-bond acceptors (Lipinski definition) is 3. The van der Waals surface area contributed by atoms with Crippen LogP contribution in [0.4, 0.5) is 0 Å². The molecule has 1 aliphatic carbocycles. The van der Waals surface area contributed by atoms with Gasteiger partial charge in [-0.05, 0) is 57.1 Å². The molecule has 144 valence electrons. The molecule has 1 saturated carbocycles. The van der Waals surface area contributed by atoms with Crippen LogP contribution in [-0.2, 0) is 20.9 Å². The minimum atomic E-state index is -0.535. The zero-order valence-electron chi connectivity index (χ0n) is 15.9. The molecule has 0 spiro atoms. The molecule has 1 atom stereocenters. The van der Waals surface area contributed by atoms with E-state index in [1.807, 2.05) is 29.8 Å². The molecule has 26 heavy (non-hydrogen) atoms. The zero-order chi connectivity index (χ0) is 18.5. The number of nitrogens with one attached hydrogen (secondary N) is 1. The fourth-order valence-electron chi connectivity index (χ4n) is 4.06. The summed E-state index contributed by atoms with van der Waals surface area (Å²) in [5.41, 5.74) is 0.905. The maximum atomic E-state index is 13.1. The summed E-state index contributed by atoms with van der Waals surface area (Å²) in [6.07, 6.45) is 6.99. The molecule has 6 heteroatoms. The van der Waals surface area contributed by atoms with Crippen molar-refractivity contribution >= 4 is 11.8 Å². The van der Waals surface area contributed by atoms with Crippen molar-refractivity contribution in [2.24, 2.45) is 5.92 Å². The number of fused-ring (bicyclic) bond motifs is 1. The molecule has 3 rings (SSSR count). The van der Waals surface area contributed by atoms with E-state index in [-0.39, 0.29) is 17.9 Å². The summed E-state index contributed by atoms with van der Waals surface area (Å²) in [6.45, 7) is 6.35. The van der Waals surface area contributed by atoms with E-state index in [1.165, 1.54) is 0 Å². The first kappa shape index (κ1) is 19.0. The maximum Gasteiger partial charge on any atom is 0.249 e. The van der Waals surface area contributed by atoms with Crippen molar-refractivity contribution in [2.75, 3.05) is 19.8 Å². The van der Waals surface area contributed by atoms with Crippen LogP contribution in [0.15, 0.2) is 18.3 Å². The smallest absolute Gasteiger partial charge is 0.249 e. The molecule has 1 aromatic heterocycles. The molecule has 6 nitrogen and oxygen atoms in total. The van der Waals surface area contributed by atoms with Gasteiger partial charge in [-0.1, -0.05) is 6.92 Å². The van der Waals surface area contributed by atoms with Crippen molar-refractivity contribution in [2.45, 2.75) is 64.6 Å². The number of aromatic nitrogens is 1. The highest BCUT2D eigenvalue weighted by Crippen LogP contribution is 2.29. The average molecular weight is 361 g/mol. The second-order valence-corrected chi connectivity index (χ2v) is 7.57. The van der Waals surface area contributed by atoms with Crippen molar-refractivity contribution in [3.63, 3.8) is 0 Å². The number of nitrogens with zero attached hydrogens (tertiary/aromatic N) is 2. The molecule has 2 aliphatic rings. The first-order chi connectivity index (χ1) is 12.6. The summed E-state index contributed by atoms with van der Waals surface area (Å²) < 4.78 is 7.30. The highest BCUT2D eigenvalue weighted by Gasteiger charge is 2.37. The zero-order valence-corrected chi connectivity index (χ0v) is 15.9. The van der Waals surface area contributed by atoms with Gasteiger partial charge in [0.15, 0.2) is 6.04 Å². The highest BCUT2D eigenvalue weighted by atomic mass is 16.5. The molecular formula is C20H31N3O3. The Morgan fingerprint density at radius 1 is 1.31 bits per heavy atom. The molecular weight excluding hydrogens is 330 g/mol. The van der Waals surface area contributed by atoms with Gasteiger partial charge in [0.05, 0.1) is 5.69 Å². The van der Waals surface area contributed by atoms with Gasteiger partial charge in [0.25, 0.3) is 0 Å². The van der Waals surface area contributed by atoms with Gasteiger partial charge in [0.2, 0.25) is 11.8 Å². The van der Waals surface area contributed by atoms with Crippen molar-refractivity contribution in [1.82, 2.24) is 14.8 Å². The van der Waals surface area contributed by atoms with E-state index < -0.39 is 6.04 Å². The number of carbonyl (C=O) groups is 2. The van der Waals surface area contributed by atoms with E-state index >= 15 is 0 Å². The van der Waals surface area contributed by atoms with E-state index in [2.05, 4.69) is 12.2 Å². The molecule has 0 aromatic carbocycles. The maximum absolute atomic E-state index is 13.1. The Kier molecular flexibility index (Phi) is 6.35. The first-order valence-electron chi connectivity index (χ1n) is 9.92. The van der Waals surface area contributed by atoms with Gasteiger partial charge in [0, 0.05) is 32.0 Å². The van der Waals surface area contributed by atoms with Gasteiger partial charge in [-0.25, -0.2) is 0 Å². The number of carbonyl (C=O) groups excluding carboxylic acids is 2. The second-order valence-electron chi connectivity index (χ2n) is 7.57. The van der Waals surface area contributed by atoms with Gasteiger partial charge < -0.3 is 19.5 Å². The minimum absolute atomic E-state index is 0.00242. The summed E-state index contributed by atoms with van der Waals surface area (Å²) in [6, 6.07) is 3.56. The van der Waals surface area contributed by atoms with E-state index in [1.54, 1.807) is 4.90 Å². The van der Waals surface area contributed by atoms with Crippen molar-refractivity contribution in [3.8, 4) is 0 Å². The van der Waals surface area contributed by atoms with Crippen molar-refractivity contribution in [1.29, 1.82) is 0 Å². The molecule has 1 aromatic rings. The largest absolute Gasteiger partial charge is 0.382 e. The number of ether oxygens (including phenoxy) is 1. The molecule has 1 N–H and O–H groups in total. The van der Waals surface area contributed by atoms with Gasteiger partial charge in [0.1, 0.15) is 6.54 Å². The van der Waals surface area contributed by atoms with Crippen LogP contribution in [0.25, 0.3) is 0 Å². The van der Waals surface area contributed by atoms with Crippen molar-refractivity contribution in [3.05, 3.63) is 24.0 Å². The van der Waals surface area contributed by atoms with E-state index in [9.17, 15) is 9.59 Å². The van der Waals surface area contributed by atoms with Crippen LogP contribution >= 0.6 is 0 Å². The molecule has 2 heterocycles. The summed E-state index contributed by atoms with van der Waals surface area (Å²) in [4.78, 5) is 27.5. The summed E-state index contributed by atoms with van der Waals surface area (Å²) in [5, 5.41) is 3.21. The predicted octanol–water partition coefficient (Wildman–Crippen LogP) is 2.49. The van der Waals surface area contributed by atoms with Gasteiger partial charge >= 0.3 is 0 Å². The van der Waals surface area contributed by atoms with Gasteiger partial charge in [-0.2, -0.15) is 0 Å². The normalized spacial score (nSPS) is 25.8. The quantitative estimate of drug-likeness (QED) is 0.759. The monoisotopic (exact) mass is 361 g/mol. The Morgan fingerprint density at radius 2 is 2.08 bits per heavy atom. The van der Waals surface area contributed by atoms with Crippen LogP contribution in [0, 0.1) is 5.92 Å².